The van der Waals surface area contributed by atoms with Gasteiger partial charge in [-0.2, -0.15) is 0 Å². The highest BCUT2D eigenvalue weighted by Crippen LogP contribution is 2.25. The zero-order valence-corrected chi connectivity index (χ0v) is 10.5. The van der Waals surface area contributed by atoms with Crippen LogP contribution in [0.1, 0.15) is 6.42 Å². The van der Waals surface area contributed by atoms with Crippen molar-refractivity contribution in [2.24, 2.45) is 0 Å². The maximum Gasteiger partial charge on any atom is 0.307 e. The first-order valence-electron chi connectivity index (χ1n) is 5.02. The number of para-hydroxylation sites is 1. The number of rotatable bonds is 3. The van der Waals surface area contributed by atoms with Crippen LogP contribution < -0.4 is 0 Å². The molecule has 1 aromatic carbocycles. The van der Waals surface area contributed by atoms with Crippen molar-refractivity contribution in [2.45, 2.75) is 13.0 Å². The first kappa shape index (κ1) is 11.2. The summed E-state index contributed by atoms with van der Waals surface area (Å²) in [6.45, 7) is 0.638. The lowest BCUT2D eigenvalue weighted by atomic mass is 10.2. The first-order chi connectivity index (χ1) is 7.72. The molecule has 0 atom stereocenters. The Hall–Kier alpha value is -1.29. The highest BCUT2D eigenvalue weighted by molar-refractivity contribution is 9.10. The van der Waals surface area contributed by atoms with Gasteiger partial charge in [-0.05, 0) is 22.0 Å². The second-order valence-corrected chi connectivity index (χ2v) is 4.37. The molecule has 0 saturated carbocycles. The molecule has 84 valence electrons. The number of carbonyl (C=O) groups is 1. The largest absolute Gasteiger partial charge is 0.469 e. The van der Waals surface area contributed by atoms with Crippen LogP contribution in [0.2, 0.25) is 0 Å². The molecule has 0 aliphatic carbocycles. The van der Waals surface area contributed by atoms with E-state index in [-0.39, 0.29) is 5.97 Å². The minimum atomic E-state index is -0.186. The van der Waals surface area contributed by atoms with Crippen LogP contribution in [-0.2, 0) is 16.1 Å². The minimum Gasteiger partial charge on any atom is -0.469 e. The number of ether oxygens (including phenoxy) is 1. The van der Waals surface area contributed by atoms with Gasteiger partial charge in [0.2, 0.25) is 0 Å². The molecule has 0 bridgehead atoms. The summed E-state index contributed by atoms with van der Waals surface area (Å²) in [5.41, 5.74) is 1.12. The third kappa shape index (κ3) is 2.11. The van der Waals surface area contributed by atoms with Gasteiger partial charge in [-0.3, -0.25) is 4.79 Å². The zero-order valence-electron chi connectivity index (χ0n) is 8.94. The fraction of sp³-hybridized carbons (Fsp3) is 0.250. The SMILES string of the molecule is COC(=O)CCn1cc(Br)c2ccccc21. The van der Waals surface area contributed by atoms with Crippen LogP contribution in [0.5, 0.6) is 0 Å². The lowest BCUT2D eigenvalue weighted by Crippen LogP contribution is -2.05. The number of benzene rings is 1. The van der Waals surface area contributed by atoms with Gasteiger partial charge in [-0.25, -0.2) is 0 Å². The van der Waals surface area contributed by atoms with Gasteiger partial charge < -0.3 is 9.30 Å². The molecule has 16 heavy (non-hydrogen) atoms. The van der Waals surface area contributed by atoms with E-state index in [1.165, 1.54) is 7.11 Å². The summed E-state index contributed by atoms with van der Waals surface area (Å²) >= 11 is 3.50. The molecular weight excluding hydrogens is 270 g/mol. The Kier molecular flexibility index (Phi) is 3.29. The number of halogens is 1. The molecule has 0 saturated heterocycles. The van der Waals surface area contributed by atoms with Crippen LogP contribution in [0.25, 0.3) is 10.9 Å². The Morgan fingerprint density at radius 1 is 1.44 bits per heavy atom. The summed E-state index contributed by atoms with van der Waals surface area (Å²) in [7, 11) is 1.41. The van der Waals surface area contributed by atoms with Gasteiger partial charge in [-0.1, -0.05) is 18.2 Å². The second-order valence-electron chi connectivity index (χ2n) is 3.51. The Labute approximate surface area is 102 Å². The molecular formula is C12H12BrNO2. The summed E-state index contributed by atoms with van der Waals surface area (Å²) in [6.07, 6.45) is 2.38. The van der Waals surface area contributed by atoms with E-state index >= 15 is 0 Å². The monoisotopic (exact) mass is 281 g/mol. The van der Waals surface area contributed by atoms with Crippen LogP contribution in [0.15, 0.2) is 34.9 Å². The van der Waals surface area contributed by atoms with Crippen LogP contribution >= 0.6 is 15.9 Å². The number of carbonyl (C=O) groups excluding carboxylic acids is 1. The van der Waals surface area contributed by atoms with Crippen molar-refractivity contribution < 1.29 is 9.53 Å². The number of nitrogens with zero attached hydrogens (tertiary/aromatic N) is 1. The van der Waals surface area contributed by atoms with Crippen molar-refractivity contribution in [3.05, 3.63) is 34.9 Å². The van der Waals surface area contributed by atoms with Crippen molar-refractivity contribution in [3.63, 3.8) is 0 Å². The van der Waals surface area contributed by atoms with Crippen molar-refractivity contribution in [3.8, 4) is 0 Å². The normalized spacial score (nSPS) is 10.6. The topological polar surface area (TPSA) is 31.2 Å². The van der Waals surface area contributed by atoms with Crippen molar-refractivity contribution in [1.29, 1.82) is 0 Å². The van der Waals surface area contributed by atoms with Gasteiger partial charge in [0.1, 0.15) is 0 Å². The number of esters is 1. The average molecular weight is 282 g/mol. The molecule has 0 radical (unpaired) electrons. The Bertz CT molecular complexity index is 519. The highest BCUT2D eigenvalue weighted by Gasteiger charge is 2.07. The summed E-state index contributed by atoms with van der Waals surface area (Å²) in [4.78, 5) is 11.1. The molecule has 0 aliphatic rings. The quantitative estimate of drug-likeness (QED) is 0.810. The predicted molar refractivity (Wildman–Crippen MR) is 66.3 cm³/mol. The highest BCUT2D eigenvalue weighted by atomic mass is 79.9. The van der Waals surface area contributed by atoms with Crippen molar-refractivity contribution in [2.75, 3.05) is 7.11 Å². The predicted octanol–water partition coefficient (Wildman–Crippen LogP) is 2.97. The van der Waals surface area contributed by atoms with E-state index in [9.17, 15) is 4.79 Å². The molecule has 2 aromatic rings. The van der Waals surface area contributed by atoms with Gasteiger partial charge in [0.05, 0.1) is 13.5 Å². The Balaban J connectivity index is 2.27. The third-order valence-corrected chi connectivity index (χ3v) is 3.16. The smallest absolute Gasteiger partial charge is 0.307 e. The molecule has 1 heterocycles. The molecule has 1 aromatic heterocycles. The molecule has 3 nitrogen and oxygen atoms in total. The number of hydrogen-bond donors (Lipinski definition) is 0. The molecule has 0 N–H and O–H groups in total. The molecule has 0 amide bonds. The number of aromatic nitrogens is 1. The van der Waals surface area contributed by atoms with E-state index in [1.807, 2.05) is 30.5 Å². The lowest BCUT2D eigenvalue weighted by molar-refractivity contribution is -0.140. The maximum atomic E-state index is 11.1. The van der Waals surface area contributed by atoms with E-state index in [2.05, 4.69) is 25.2 Å². The number of aryl methyl sites for hydroxylation is 1. The molecule has 0 spiro atoms. The first-order valence-corrected chi connectivity index (χ1v) is 5.82. The summed E-state index contributed by atoms with van der Waals surface area (Å²) in [6, 6.07) is 8.08. The van der Waals surface area contributed by atoms with E-state index in [0.717, 1.165) is 15.4 Å². The average Bonchev–Trinajstić information content (AvgIpc) is 2.64. The standard InChI is InChI=1S/C12H12BrNO2/c1-16-12(15)6-7-14-8-10(13)9-4-2-3-5-11(9)14/h2-5,8H,6-7H2,1H3. The summed E-state index contributed by atoms with van der Waals surface area (Å²) in [5.74, 6) is -0.186. The van der Waals surface area contributed by atoms with E-state index in [1.54, 1.807) is 0 Å². The van der Waals surface area contributed by atoms with Gasteiger partial charge in [-0.15, -0.1) is 0 Å². The van der Waals surface area contributed by atoms with Gasteiger partial charge >= 0.3 is 5.97 Å². The minimum absolute atomic E-state index is 0.186. The molecule has 4 heteroatoms. The van der Waals surface area contributed by atoms with Crippen LogP contribution in [-0.4, -0.2) is 17.6 Å². The van der Waals surface area contributed by atoms with Gasteiger partial charge in [0, 0.05) is 28.1 Å². The Morgan fingerprint density at radius 3 is 2.94 bits per heavy atom. The zero-order chi connectivity index (χ0) is 11.5. The van der Waals surface area contributed by atoms with Crippen LogP contribution in [0.3, 0.4) is 0 Å². The van der Waals surface area contributed by atoms with Crippen LogP contribution in [0.4, 0.5) is 0 Å². The molecule has 0 unspecified atom stereocenters. The fourth-order valence-electron chi connectivity index (χ4n) is 1.70. The number of fused-ring (bicyclic) bond motifs is 1. The summed E-state index contributed by atoms with van der Waals surface area (Å²) < 4.78 is 7.73. The van der Waals surface area contributed by atoms with Gasteiger partial charge in [0.25, 0.3) is 0 Å². The maximum absolute atomic E-state index is 11.1. The molecule has 0 aliphatic heterocycles. The fourth-order valence-corrected chi connectivity index (χ4v) is 2.28. The van der Waals surface area contributed by atoms with Crippen LogP contribution in [0, 0.1) is 0 Å². The van der Waals surface area contributed by atoms with Crippen molar-refractivity contribution >= 4 is 32.8 Å². The van der Waals surface area contributed by atoms with E-state index < -0.39 is 0 Å². The Morgan fingerprint density at radius 2 is 2.19 bits per heavy atom. The van der Waals surface area contributed by atoms with E-state index in [0.29, 0.717) is 13.0 Å². The second kappa shape index (κ2) is 4.70. The van der Waals surface area contributed by atoms with Gasteiger partial charge in [0.15, 0.2) is 0 Å². The number of hydrogen-bond acceptors (Lipinski definition) is 2. The summed E-state index contributed by atoms with van der Waals surface area (Å²) in [5, 5.41) is 1.16. The van der Waals surface area contributed by atoms with Crippen molar-refractivity contribution in [1.82, 2.24) is 4.57 Å². The lowest BCUT2D eigenvalue weighted by Gasteiger charge is -2.03. The third-order valence-electron chi connectivity index (χ3n) is 2.52. The molecule has 0 fully saturated rings. The van der Waals surface area contributed by atoms with E-state index in [4.69, 9.17) is 0 Å². The molecule has 2 rings (SSSR count). The number of methoxy groups -OCH3 is 1.